The third-order valence-corrected chi connectivity index (χ3v) is 4.35. The summed E-state index contributed by atoms with van der Waals surface area (Å²) in [4.78, 5) is 14.1. The summed E-state index contributed by atoms with van der Waals surface area (Å²) >= 11 is 0. The van der Waals surface area contributed by atoms with Crippen LogP contribution >= 0.6 is 0 Å². The third kappa shape index (κ3) is 2.73. The van der Waals surface area contributed by atoms with Crippen LogP contribution in [0.15, 0.2) is 42.5 Å². The van der Waals surface area contributed by atoms with Gasteiger partial charge >= 0.3 is 0 Å². The number of hydrogen-bond acceptors (Lipinski definition) is 5. The van der Waals surface area contributed by atoms with Crippen LogP contribution in [0.25, 0.3) is 0 Å². The van der Waals surface area contributed by atoms with E-state index in [0.29, 0.717) is 34.3 Å². The molecule has 1 fully saturated rings. The number of carbonyl (C=O) groups is 1. The van der Waals surface area contributed by atoms with Crippen molar-refractivity contribution >= 4 is 11.6 Å². The lowest BCUT2D eigenvalue weighted by Crippen LogP contribution is -2.48. The van der Waals surface area contributed by atoms with Crippen molar-refractivity contribution in [1.29, 1.82) is 0 Å². The Bertz CT molecular complexity index is 819. The predicted octanol–water partition coefficient (Wildman–Crippen LogP) is 3.17. The number of hydrogen-bond donors (Lipinski definition) is 0. The average molecular weight is 354 g/mol. The van der Waals surface area contributed by atoms with Gasteiger partial charge in [0.05, 0.1) is 40.2 Å². The van der Waals surface area contributed by atoms with E-state index in [4.69, 9.17) is 18.9 Å². The first-order valence-electron chi connectivity index (χ1n) is 7.93. The van der Waals surface area contributed by atoms with Crippen molar-refractivity contribution in [3.05, 3.63) is 54.1 Å². The Morgan fingerprint density at radius 3 is 2.12 bits per heavy atom. The van der Waals surface area contributed by atoms with Crippen molar-refractivity contribution in [2.24, 2.45) is 0 Å². The van der Waals surface area contributed by atoms with Crippen LogP contribution in [-0.4, -0.2) is 34.3 Å². The first kappa shape index (κ1) is 17.7. The summed E-state index contributed by atoms with van der Waals surface area (Å²) in [6.07, 6.45) is 0. The molecule has 1 aliphatic rings. The van der Waals surface area contributed by atoms with Crippen molar-refractivity contribution in [1.82, 2.24) is 0 Å². The summed E-state index contributed by atoms with van der Waals surface area (Å²) in [6, 6.07) is 11.7. The summed E-state index contributed by atoms with van der Waals surface area (Å²) in [6.45, 7) is 3.91. The molecule has 2 aromatic rings. The van der Waals surface area contributed by atoms with Crippen LogP contribution in [-0.2, 0) is 4.79 Å². The van der Waals surface area contributed by atoms with E-state index >= 15 is 0 Å². The van der Waals surface area contributed by atoms with Crippen molar-refractivity contribution in [2.75, 3.05) is 33.3 Å². The summed E-state index contributed by atoms with van der Waals surface area (Å²) < 4.78 is 21.2. The van der Waals surface area contributed by atoms with E-state index in [1.165, 1.54) is 21.3 Å². The molecule has 0 bridgehead atoms. The van der Waals surface area contributed by atoms with Gasteiger partial charge in [-0.05, 0) is 17.7 Å². The number of ether oxygens (including phenoxy) is 4. The van der Waals surface area contributed by atoms with Crippen LogP contribution in [0.4, 0.5) is 5.69 Å². The zero-order valence-electron chi connectivity index (χ0n) is 15.2. The fourth-order valence-electron chi connectivity index (χ4n) is 3.02. The Morgan fingerprint density at radius 1 is 1.00 bits per heavy atom. The van der Waals surface area contributed by atoms with Crippen molar-refractivity contribution < 1.29 is 23.7 Å². The van der Waals surface area contributed by atoms with Gasteiger partial charge in [-0.1, -0.05) is 12.6 Å². The molecule has 6 nitrogen and oxygen atoms in total. The highest BCUT2D eigenvalue weighted by Gasteiger charge is 2.43. The number of carbonyl (C=O) groups excluding carboxylic acids is 1. The van der Waals surface area contributed by atoms with Crippen LogP contribution in [0, 0.1) is 6.07 Å². The number of rotatable bonds is 6. The number of benzene rings is 2. The number of nitrogens with zero attached hydrogens (tertiary/aromatic N) is 1. The highest BCUT2D eigenvalue weighted by atomic mass is 16.5. The van der Waals surface area contributed by atoms with Gasteiger partial charge in [0.25, 0.3) is 5.91 Å². The number of amides is 1. The highest BCUT2D eigenvalue weighted by molar-refractivity contribution is 6.15. The van der Waals surface area contributed by atoms with Gasteiger partial charge in [0.2, 0.25) is 5.75 Å². The second-order valence-electron chi connectivity index (χ2n) is 5.68. The molecule has 0 aliphatic carbocycles. The molecule has 1 saturated heterocycles. The zero-order chi connectivity index (χ0) is 18.8. The van der Waals surface area contributed by atoms with E-state index in [0.717, 1.165) is 5.56 Å². The van der Waals surface area contributed by atoms with E-state index in [9.17, 15) is 4.79 Å². The molecule has 0 spiro atoms. The van der Waals surface area contributed by atoms with Gasteiger partial charge in [0.15, 0.2) is 11.5 Å². The van der Waals surface area contributed by atoms with Crippen LogP contribution in [0.1, 0.15) is 11.6 Å². The minimum Gasteiger partial charge on any atom is -0.496 e. The topological polar surface area (TPSA) is 57.2 Å². The summed E-state index contributed by atoms with van der Waals surface area (Å²) in [5, 5.41) is 0. The lowest BCUT2D eigenvalue weighted by Gasteiger charge is -2.42. The molecular weight excluding hydrogens is 334 g/mol. The molecule has 1 amide bonds. The van der Waals surface area contributed by atoms with Gasteiger partial charge in [-0.3, -0.25) is 9.69 Å². The molecule has 3 rings (SSSR count). The van der Waals surface area contributed by atoms with Crippen molar-refractivity contribution in [2.45, 2.75) is 6.04 Å². The SMILES string of the molecule is C=C1C(=O)N(c2cc(OC)c(OC)c(OC)c2)[C@H]1c1c[c]c(OC)cc1. The second-order valence-corrected chi connectivity index (χ2v) is 5.68. The molecular formula is C20H20NO5. The fourth-order valence-corrected chi connectivity index (χ4v) is 3.02. The summed E-state index contributed by atoms with van der Waals surface area (Å²) in [5.74, 6) is 1.91. The van der Waals surface area contributed by atoms with Gasteiger partial charge in [-0.2, -0.15) is 0 Å². The Hall–Kier alpha value is -3.15. The lowest BCUT2D eigenvalue weighted by molar-refractivity contribution is -0.118. The normalized spacial score (nSPS) is 16.2. The van der Waals surface area contributed by atoms with Crippen LogP contribution < -0.4 is 23.8 Å². The monoisotopic (exact) mass is 354 g/mol. The minimum atomic E-state index is -0.285. The maximum atomic E-state index is 12.5. The summed E-state index contributed by atoms with van der Waals surface area (Å²) in [5.41, 5.74) is 2.04. The van der Waals surface area contributed by atoms with E-state index in [1.807, 2.05) is 6.07 Å². The largest absolute Gasteiger partial charge is 0.496 e. The molecule has 26 heavy (non-hydrogen) atoms. The number of β-lactam (4-membered cyclic amide) rings is 1. The predicted molar refractivity (Wildman–Crippen MR) is 97.3 cm³/mol. The number of methoxy groups -OCH3 is 4. The smallest absolute Gasteiger partial charge is 0.256 e. The van der Waals surface area contributed by atoms with Gasteiger partial charge in [0, 0.05) is 23.8 Å². The van der Waals surface area contributed by atoms with Crippen molar-refractivity contribution in [3.8, 4) is 23.0 Å². The fraction of sp³-hybridized carbons (Fsp3) is 0.250. The van der Waals surface area contributed by atoms with Gasteiger partial charge in [-0.15, -0.1) is 0 Å². The summed E-state index contributed by atoms with van der Waals surface area (Å²) in [7, 11) is 6.19. The first-order chi connectivity index (χ1) is 12.5. The molecule has 2 aromatic carbocycles. The molecule has 0 unspecified atom stereocenters. The Morgan fingerprint density at radius 2 is 1.65 bits per heavy atom. The van der Waals surface area contributed by atoms with Crippen LogP contribution in [0.5, 0.6) is 23.0 Å². The van der Waals surface area contributed by atoms with E-state index < -0.39 is 0 Å². The van der Waals surface area contributed by atoms with E-state index in [1.54, 1.807) is 36.3 Å². The Balaban J connectivity index is 2.03. The first-order valence-corrected chi connectivity index (χ1v) is 7.93. The molecule has 1 atom stereocenters. The third-order valence-electron chi connectivity index (χ3n) is 4.35. The Kier molecular flexibility index (Phi) is 4.75. The molecule has 6 heteroatoms. The maximum absolute atomic E-state index is 12.5. The Labute approximate surface area is 152 Å². The number of anilines is 1. The minimum absolute atomic E-state index is 0.153. The van der Waals surface area contributed by atoms with Gasteiger partial charge in [-0.25, -0.2) is 0 Å². The standard InChI is InChI=1S/C20H20NO5/c1-12-18(13-6-8-15(23-2)9-7-13)21(20(12)22)14-10-16(24-3)19(26-5)17(11-14)25-4/h6-8,10-11,18H,1H2,2-5H3/t18-/m1/s1. The molecule has 1 heterocycles. The average Bonchev–Trinajstić information content (AvgIpc) is 2.70. The van der Waals surface area contributed by atoms with Crippen molar-refractivity contribution in [3.63, 3.8) is 0 Å². The molecule has 0 saturated carbocycles. The lowest BCUT2D eigenvalue weighted by atomic mass is 9.88. The quantitative estimate of drug-likeness (QED) is 0.589. The highest BCUT2D eigenvalue weighted by Crippen LogP contribution is 2.47. The molecule has 0 aromatic heterocycles. The second kappa shape index (κ2) is 7.00. The zero-order valence-corrected chi connectivity index (χ0v) is 15.2. The van der Waals surface area contributed by atoms with Gasteiger partial charge in [0.1, 0.15) is 5.75 Å². The van der Waals surface area contributed by atoms with Crippen LogP contribution in [0.3, 0.4) is 0 Å². The molecule has 135 valence electrons. The maximum Gasteiger partial charge on any atom is 0.256 e. The van der Waals surface area contributed by atoms with Gasteiger partial charge < -0.3 is 18.9 Å². The van der Waals surface area contributed by atoms with E-state index in [2.05, 4.69) is 12.6 Å². The van der Waals surface area contributed by atoms with E-state index in [-0.39, 0.29) is 11.9 Å². The molecule has 0 N–H and O–H groups in total. The molecule has 1 radical (unpaired) electrons. The van der Waals surface area contributed by atoms with Crippen LogP contribution in [0.2, 0.25) is 0 Å². The molecule has 1 aliphatic heterocycles.